The van der Waals surface area contributed by atoms with Gasteiger partial charge in [-0.15, -0.1) is 0 Å². The van der Waals surface area contributed by atoms with Crippen LogP contribution in [0.15, 0.2) is 0 Å². The molecule has 0 bridgehead atoms. The Kier molecular flexibility index (Phi) is 7.23. The molecule has 0 spiro atoms. The summed E-state index contributed by atoms with van der Waals surface area (Å²) in [4.78, 5) is 14.2. The van der Waals surface area contributed by atoms with Crippen LogP contribution in [0.25, 0.3) is 0 Å². The van der Waals surface area contributed by atoms with E-state index >= 15 is 0 Å². The number of nitrogens with one attached hydrogen (secondary N) is 2. The van der Waals surface area contributed by atoms with E-state index in [-0.39, 0.29) is 11.9 Å². The van der Waals surface area contributed by atoms with Gasteiger partial charge in [0.2, 0.25) is 5.91 Å². The van der Waals surface area contributed by atoms with Gasteiger partial charge in [0, 0.05) is 25.7 Å². The molecule has 106 valence electrons. The molecule has 2 unspecified atom stereocenters. The third-order valence-electron chi connectivity index (χ3n) is 3.36. The molecule has 1 fully saturated rings. The summed E-state index contributed by atoms with van der Waals surface area (Å²) in [5, 5.41) is 6.35. The third-order valence-corrected chi connectivity index (χ3v) is 3.36. The molecule has 1 aliphatic heterocycles. The van der Waals surface area contributed by atoms with Crippen molar-refractivity contribution in [3.8, 4) is 0 Å². The van der Waals surface area contributed by atoms with E-state index < -0.39 is 0 Å². The molecule has 1 aliphatic rings. The first-order chi connectivity index (χ1) is 8.67. The Morgan fingerprint density at radius 3 is 2.94 bits per heavy atom. The van der Waals surface area contributed by atoms with Gasteiger partial charge >= 0.3 is 0 Å². The molecule has 1 heterocycles. The molecule has 5 heteroatoms. The van der Waals surface area contributed by atoms with Gasteiger partial charge in [-0.3, -0.25) is 9.69 Å². The zero-order valence-corrected chi connectivity index (χ0v) is 11.9. The van der Waals surface area contributed by atoms with Gasteiger partial charge in [0.05, 0.1) is 13.2 Å². The van der Waals surface area contributed by atoms with Crippen molar-refractivity contribution in [2.75, 3.05) is 39.9 Å². The first-order valence-corrected chi connectivity index (χ1v) is 6.90. The highest BCUT2D eigenvalue weighted by Gasteiger charge is 2.21. The lowest BCUT2D eigenvalue weighted by molar-refractivity contribution is -0.123. The minimum absolute atomic E-state index is 0.0747. The Balaban J connectivity index is 2.34. The van der Waals surface area contributed by atoms with Gasteiger partial charge < -0.3 is 15.4 Å². The molecule has 0 aromatic heterocycles. The number of hydrogen-bond donors (Lipinski definition) is 2. The summed E-state index contributed by atoms with van der Waals surface area (Å²) in [6.45, 7) is 8.12. The summed E-state index contributed by atoms with van der Waals surface area (Å²) in [7, 11) is 1.65. The van der Waals surface area contributed by atoms with E-state index in [2.05, 4.69) is 22.5 Å². The number of likely N-dealkylation sites (N-methyl/N-ethyl adjacent to an activating group) is 1. The first kappa shape index (κ1) is 15.4. The number of nitrogens with zero attached hydrogens (tertiary/aromatic N) is 1. The molecule has 0 aliphatic carbocycles. The Labute approximate surface area is 110 Å². The summed E-state index contributed by atoms with van der Waals surface area (Å²) in [5.41, 5.74) is 0. The van der Waals surface area contributed by atoms with E-state index in [1.54, 1.807) is 7.11 Å². The van der Waals surface area contributed by atoms with Gasteiger partial charge in [-0.1, -0.05) is 6.92 Å². The first-order valence-electron chi connectivity index (χ1n) is 6.90. The number of carbonyl (C=O) groups excluding carboxylic acids is 1. The quantitative estimate of drug-likeness (QED) is 0.685. The largest absolute Gasteiger partial charge is 0.383 e. The van der Waals surface area contributed by atoms with Gasteiger partial charge in [0.15, 0.2) is 0 Å². The Morgan fingerprint density at radius 2 is 2.39 bits per heavy atom. The van der Waals surface area contributed by atoms with Gasteiger partial charge in [0.1, 0.15) is 0 Å². The van der Waals surface area contributed by atoms with Crippen LogP contribution < -0.4 is 10.6 Å². The lowest BCUT2D eigenvalue weighted by Crippen LogP contribution is -2.50. The molecule has 0 aromatic rings. The van der Waals surface area contributed by atoms with Crippen LogP contribution in [0.1, 0.15) is 26.7 Å². The van der Waals surface area contributed by atoms with E-state index in [1.165, 1.54) is 12.8 Å². The van der Waals surface area contributed by atoms with Crippen molar-refractivity contribution in [1.82, 2.24) is 15.5 Å². The highest BCUT2D eigenvalue weighted by molar-refractivity contribution is 5.78. The van der Waals surface area contributed by atoms with Crippen LogP contribution in [-0.4, -0.2) is 62.8 Å². The van der Waals surface area contributed by atoms with Crippen LogP contribution >= 0.6 is 0 Å². The SMILES string of the molecule is CCN(CC(=O)NC(C)COC)C1CCCNC1. The van der Waals surface area contributed by atoms with Crippen molar-refractivity contribution in [3.63, 3.8) is 0 Å². The number of amides is 1. The average Bonchev–Trinajstić information content (AvgIpc) is 2.37. The molecule has 0 radical (unpaired) electrons. The topological polar surface area (TPSA) is 53.6 Å². The fraction of sp³-hybridized carbons (Fsp3) is 0.923. The second kappa shape index (κ2) is 8.45. The summed E-state index contributed by atoms with van der Waals surface area (Å²) in [6, 6.07) is 0.568. The lowest BCUT2D eigenvalue weighted by atomic mass is 10.1. The molecule has 1 saturated heterocycles. The van der Waals surface area contributed by atoms with Crippen molar-refractivity contribution in [2.24, 2.45) is 0 Å². The Morgan fingerprint density at radius 1 is 1.61 bits per heavy atom. The van der Waals surface area contributed by atoms with E-state index in [9.17, 15) is 4.79 Å². The number of rotatable bonds is 7. The molecule has 0 aromatic carbocycles. The summed E-state index contributed by atoms with van der Waals surface area (Å²) in [5.74, 6) is 0.0898. The second-order valence-corrected chi connectivity index (χ2v) is 4.99. The Hall–Kier alpha value is -0.650. The molecular formula is C13H27N3O2. The highest BCUT2D eigenvalue weighted by Crippen LogP contribution is 2.09. The normalized spacial score (nSPS) is 21.9. The third kappa shape index (κ3) is 5.33. The zero-order chi connectivity index (χ0) is 13.4. The minimum Gasteiger partial charge on any atom is -0.383 e. The maximum absolute atomic E-state index is 11.9. The number of hydrogen-bond acceptors (Lipinski definition) is 4. The van der Waals surface area contributed by atoms with E-state index in [1.807, 2.05) is 6.92 Å². The van der Waals surface area contributed by atoms with Crippen molar-refractivity contribution >= 4 is 5.91 Å². The zero-order valence-electron chi connectivity index (χ0n) is 11.9. The van der Waals surface area contributed by atoms with Gasteiger partial charge in [-0.25, -0.2) is 0 Å². The van der Waals surface area contributed by atoms with E-state index in [0.29, 0.717) is 19.2 Å². The van der Waals surface area contributed by atoms with Crippen LogP contribution in [0.3, 0.4) is 0 Å². The summed E-state index contributed by atoms with van der Waals surface area (Å²) < 4.78 is 5.01. The van der Waals surface area contributed by atoms with Crippen molar-refractivity contribution in [1.29, 1.82) is 0 Å². The highest BCUT2D eigenvalue weighted by atomic mass is 16.5. The number of ether oxygens (including phenoxy) is 1. The maximum Gasteiger partial charge on any atom is 0.234 e. The van der Waals surface area contributed by atoms with Crippen molar-refractivity contribution < 1.29 is 9.53 Å². The van der Waals surface area contributed by atoms with Gasteiger partial charge in [-0.2, -0.15) is 0 Å². The van der Waals surface area contributed by atoms with Gasteiger partial charge in [-0.05, 0) is 32.9 Å². The molecule has 0 saturated carbocycles. The molecular weight excluding hydrogens is 230 g/mol. The van der Waals surface area contributed by atoms with Gasteiger partial charge in [0.25, 0.3) is 0 Å². The smallest absolute Gasteiger partial charge is 0.234 e. The summed E-state index contributed by atoms with van der Waals surface area (Å²) in [6.07, 6.45) is 2.38. The van der Waals surface area contributed by atoms with Crippen molar-refractivity contribution in [2.45, 2.75) is 38.8 Å². The number of methoxy groups -OCH3 is 1. The standard InChI is InChI=1S/C13H27N3O2/c1-4-16(12-6-5-7-14-8-12)9-13(17)15-11(2)10-18-3/h11-12,14H,4-10H2,1-3H3,(H,15,17). The predicted octanol–water partition coefficient (Wildman–Crippen LogP) is 0.211. The molecule has 5 nitrogen and oxygen atoms in total. The number of carbonyl (C=O) groups is 1. The van der Waals surface area contributed by atoms with Crippen LogP contribution in [0.4, 0.5) is 0 Å². The van der Waals surface area contributed by atoms with Crippen molar-refractivity contribution in [3.05, 3.63) is 0 Å². The Bertz CT molecular complexity index is 242. The van der Waals surface area contributed by atoms with Crippen LogP contribution in [0.2, 0.25) is 0 Å². The maximum atomic E-state index is 11.9. The second-order valence-electron chi connectivity index (χ2n) is 4.99. The monoisotopic (exact) mass is 257 g/mol. The predicted molar refractivity (Wildman–Crippen MR) is 72.6 cm³/mol. The van der Waals surface area contributed by atoms with E-state index in [4.69, 9.17) is 4.74 Å². The minimum atomic E-state index is 0.0747. The number of piperidine rings is 1. The molecule has 1 amide bonds. The summed E-state index contributed by atoms with van der Waals surface area (Å²) >= 11 is 0. The fourth-order valence-corrected chi connectivity index (χ4v) is 2.44. The molecule has 2 N–H and O–H groups in total. The average molecular weight is 257 g/mol. The lowest BCUT2D eigenvalue weighted by Gasteiger charge is -2.33. The molecule has 2 atom stereocenters. The molecule has 1 rings (SSSR count). The molecule has 18 heavy (non-hydrogen) atoms. The fourth-order valence-electron chi connectivity index (χ4n) is 2.44. The van der Waals surface area contributed by atoms with E-state index in [0.717, 1.165) is 19.6 Å². The van der Waals surface area contributed by atoms with Crippen LogP contribution in [0.5, 0.6) is 0 Å². The van der Waals surface area contributed by atoms with Crippen LogP contribution in [0, 0.1) is 0 Å². The van der Waals surface area contributed by atoms with Crippen LogP contribution in [-0.2, 0) is 9.53 Å².